The molecule has 0 atom stereocenters. The van der Waals surface area contributed by atoms with Gasteiger partial charge in [0.05, 0.1) is 5.52 Å². The van der Waals surface area contributed by atoms with Crippen LogP contribution in [0.2, 0.25) is 0 Å². The lowest BCUT2D eigenvalue weighted by Crippen LogP contribution is -1.99. The van der Waals surface area contributed by atoms with Gasteiger partial charge in [-0.3, -0.25) is 4.98 Å². The monoisotopic (exact) mass is 330 g/mol. The van der Waals surface area contributed by atoms with Crippen molar-refractivity contribution in [2.24, 2.45) is 0 Å². The van der Waals surface area contributed by atoms with Crippen molar-refractivity contribution in [1.82, 2.24) is 15.0 Å². The number of hydrogen-bond acceptors (Lipinski definition) is 5. The lowest BCUT2D eigenvalue weighted by molar-refractivity contribution is 0.505. The van der Waals surface area contributed by atoms with Gasteiger partial charge in [-0.2, -0.15) is 0 Å². The lowest BCUT2D eigenvalue weighted by Gasteiger charge is -2.09. The third-order valence-corrected chi connectivity index (χ3v) is 4.20. The van der Waals surface area contributed by atoms with Crippen LogP contribution in [0, 0.1) is 13.8 Å². The molecule has 25 heavy (non-hydrogen) atoms. The number of anilines is 1. The minimum Gasteiger partial charge on any atom is -0.466 e. The molecule has 124 valence electrons. The molecular weight excluding hydrogens is 312 g/mol. The van der Waals surface area contributed by atoms with Gasteiger partial charge in [0.1, 0.15) is 17.3 Å². The van der Waals surface area contributed by atoms with E-state index >= 15 is 0 Å². The van der Waals surface area contributed by atoms with Crippen LogP contribution in [0.15, 0.2) is 53.2 Å². The number of benzene rings is 1. The summed E-state index contributed by atoms with van der Waals surface area (Å²) in [7, 11) is 1.87. The predicted molar refractivity (Wildman–Crippen MR) is 99.5 cm³/mol. The topological polar surface area (TPSA) is 63.8 Å². The molecule has 0 unspecified atom stereocenters. The fourth-order valence-electron chi connectivity index (χ4n) is 3.03. The number of pyridine rings is 1. The molecule has 0 saturated carbocycles. The average Bonchev–Trinajstić information content (AvgIpc) is 2.99. The fourth-order valence-corrected chi connectivity index (χ4v) is 3.03. The number of hydrogen-bond donors (Lipinski definition) is 1. The molecule has 3 aromatic heterocycles. The number of nitrogens with one attached hydrogen (secondary N) is 1. The molecule has 0 aliphatic carbocycles. The van der Waals surface area contributed by atoms with Crippen molar-refractivity contribution in [3.05, 3.63) is 60.3 Å². The molecule has 3 heterocycles. The van der Waals surface area contributed by atoms with Crippen molar-refractivity contribution in [2.75, 3.05) is 12.4 Å². The summed E-state index contributed by atoms with van der Waals surface area (Å²) in [5.41, 5.74) is 3.97. The zero-order valence-corrected chi connectivity index (χ0v) is 14.4. The van der Waals surface area contributed by atoms with E-state index in [4.69, 9.17) is 9.40 Å². The van der Waals surface area contributed by atoms with E-state index in [1.54, 1.807) is 12.4 Å². The average molecular weight is 330 g/mol. The summed E-state index contributed by atoms with van der Waals surface area (Å²) >= 11 is 0. The number of nitrogens with zero attached hydrogens (tertiary/aromatic N) is 3. The van der Waals surface area contributed by atoms with Crippen LogP contribution in [0.3, 0.4) is 0 Å². The Morgan fingerprint density at radius 2 is 1.88 bits per heavy atom. The van der Waals surface area contributed by atoms with Crippen molar-refractivity contribution in [2.45, 2.75) is 13.8 Å². The molecule has 1 aromatic carbocycles. The number of furan rings is 1. The molecule has 0 amide bonds. The molecule has 5 heteroatoms. The highest BCUT2D eigenvalue weighted by atomic mass is 16.3. The van der Waals surface area contributed by atoms with Gasteiger partial charge < -0.3 is 9.73 Å². The fraction of sp³-hybridized carbons (Fsp3) is 0.150. The molecule has 0 aliphatic heterocycles. The lowest BCUT2D eigenvalue weighted by atomic mass is 10.0. The first-order valence-corrected chi connectivity index (χ1v) is 8.13. The standard InChI is InChI=1S/C20H18N4O/c1-12-9-16(13(2)25-12)14-6-7-18-17(10-14)20(21-3)24-19(23-18)15-5-4-8-22-11-15/h4-11H,1-3H3,(H,21,23,24). The van der Waals surface area contributed by atoms with Crippen LogP contribution in [-0.2, 0) is 0 Å². The van der Waals surface area contributed by atoms with E-state index in [0.29, 0.717) is 5.82 Å². The van der Waals surface area contributed by atoms with E-state index in [9.17, 15) is 0 Å². The Balaban J connectivity index is 1.90. The van der Waals surface area contributed by atoms with Gasteiger partial charge in [-0.15, -0.1) is 0 Å². The van der Waals surface area contributed by atoms with Gasteiger partial charge in [-0.1, -0.05) is 6.07 Å². The van der Waals surface area contributed by atoms with Crippen molar-refractivity contribution in [3.8, 4) is 22.5 Å². The number of fused-ring (bicyclic) bond motifs is 1. The van der Waals surface area contributed by atoms with Gasteiger partial charge in [0.15, 0.2) is 5.82 Å². The van der Waals surface area contributed by atoms with Gasteiger partial charge in [0.25, 0.3) is 0 Å². The normalized spacial score (nSPS) is 11.0. The van der Waals surface area contributed by atoms with Crippen LogP contribution in [0.4, 0.5) is 5.82 Å². The number of aryl methyl sites for hydroxylation is 2. The molecule has 4 aromatic rings. The van der Waals surface area contributed by atoms with Gasteiger partial charge in [-0.05, 0) is 49.7 Å². The SMILES string of the molecule is CNc1nc(-c2cccnc2)nc2ccc(-c3cc(C)oc3C)cc12. The molecule has 1 N–H and O–H groups in total. The van der Waals surface area contributed by atoms with E-state index in [1.807, 2.05) is 39.1 Å². The Labute approximate surface area is 145 Å². The van der Waals surface area contributed by atoms with Crippen LogP contribution < -0.4 is 5.32 Å². The number of rotatable bonds is 3. The summed E-state index contributed by atoms with van der Waals surface area (Å²) < 4.78 is 5.66. The first kappa shape index (κ1) is 15.3. The Hall–Kier alpha value is -3.21. The molecule has 5 nitrogen and oxygen atoms in total. The molecule has 0 spiro atoms. The molecule has 4 rings (SSSR count). The maximum Gasteiger partial charge on any atom is 0.163 e. The molecule has 0 fully saturated rings. The molecular formula is C20H18N4O. The highest BCUT2D eigenvalue weighted by molar-refractivity contribution is 5.94. The summed E-state index contributed by atoms with van der Waals surface area (Å²) in [5.74, 6) is 3.27. The third kappa shape index (κ3) is 2.74. The molecule has 0 bridgehead atoms. The predicted octanol–water partition coefficient (Wildman–Crippen LogP) is 4.61. The summed E-state index contributed by atoms with van der Waals surface area (Å²) in [6, 6.07) is 12.1. The quantitative estimate of drug-likeness (QED) is 0.594. The van der Waals surface area contributed by atoms with E-state index in [1.165, 1.54) is 0 Å². The van der Waals surface area contributed by atoms with Crippen molar-refractivity contribution in [1.29, 1.82) is 0 Å². The van der Waals surface area contributed by atoms with Crippen LogP contribution in [0.1, 0.15) is 11.5 Å². The highest BCUT2D eigenvalue weighted by Gasteiger charge is 2.12. The van der Waals surface area contributed by atoms with Crippen molar-refractivity contribution < 1.29 is 4.42 Å². The molecule has 0 saturated heterocycles. The van der Waals surface area contributed by atoms with Crippen LogP contribution >= 0.6 is 0 Å². The summed E-state index contributed by atoms with van der Waals surface area (Å²) in [5, 5.41) is 4.16. The second-order valence-electron chi connectivity index (χ2n) is 5.95. The van der Waals surface area contributed by atoms with Gasteiger partial charge in [-0.25, -0.2) is 9.97 Å². The summed E-state index contributed by atoms with van der Waals surface area (Å²) in [6.45, 7) is 3.94. The largest absolute Gasteiger partial charge is 0.466 e. The zero-order valence-electron chi connectivity index (χ0n) is 14.4. The smallest absolute Gasteiger partial charge is 0.163 e. The summed E-state index contributed by atoms with van der Waals surface area (Å²) in [4.78, 5) is 13.5. The maximum atomic E-state index is 5.66. The van der Waals surface area contributed by atoms with Gasteiger partial charge in [0, 0.05) is 36.0 Å². The maximum absolute atomic E-state index is 5.66. The van der Waals surface area contributed by atoms with Crippen molar-refractivity contribution >= 4 is 16.7 Å². The number of aromatic nitrogens is 3. The Morgan fingerprint density at radius 1 is 1.00 bits per heavy atom. The minimum atomic E-state index is 0.660. The zero-order chi connectivity index (χ0) is 17.4. The van der Waals surface area contributed by atoms with E-state index in [0.717, 1.165) is 44.9 Å². The van der Waals surface area contributed by atoms with Gasteiger partial charge in [0.2, 0.25) is 0 Å². The van der Waals surface area contributed by atoms with E-state index in [-0.39, 0.29) is 0 Å². The summed E-state index contributed by atoms with van der Waals surface area (Å²) in [6.07, 6.45) is 3.51. The Bertz CT molecular complexity index is 1050. The van der Waals surface area contributed by atoms with E-state index in [2.05, 4.69) is 33.5 Å². The minimum absolute atomic E-state index is 0.660. The first-order chi connectivity index (χ1) is 12.2. The first-order valence-electron chi connectivity index (χ1n) is 8.13. The second kappa shape index (κ2) is 6.02. The molecule has 0 radical (unpaired) electrons. The van der Waals surface area contributed by atoms with Gasteiger partial charge >= 0.3 is 0 Å². The molecule has 0 aliphatic rings. The Morgan fingerprint density at radius 3 is 2.56 bits per heavy atom. The Kier molecular flexibility index (Phi) is 3.69. The second-order valence-corrected chi connectivity index (χ2v) is 5.95. The van der Waals surface area contributed by atoms with Crippen LogP contribution in [-0.4, -0.2) is 22.0 Å². The van der Waals surface area contributed by atoms with E-state index < -0.39 is 0 Å². The third-order valence-electron chi connectivity index (χ3n) is 4.20. The van der Waals surface area contributed by atoms with Crippen molar-refractivity contribution in [3.63, 3.8) is 0 Å². The van der Waals surface area contributed by atoms with Crippen LogP contribution in [0.25, 0.3) is 33.4 Å². The highest BCUT2D eigenvalue weighted by Crippen LogP contribution is 2.32. The van der Waals surface area contributed by atoms with Crippen LogP contribution in [0.5, 0.6) is 0 Å².